The zero-order valence-electron chi connectivity index (χ0n) is 18.3. The Morgan fingerprint density at radius 3 is 2.78 bits per heavy atom. The molecule has 1 amide bonds. The molecule has 4 rings (SSSR count). The molecule has 1 saturated heterocycles. The molecule has 1 aliphatic rings. The van der Waals surface area contributed by atoms with E-state index in [0.717, 1.165) is 12.1 Å². The van der Waals surface area contributed by atoms with Gasteiger partial charge in [0.15, 0.2) is 0 Å². The van der Waals surface area contributed by atoms with Crippen molar-refractivity contribution in [1.29, 1.82) is 0 Å². The molecule has 1 aliphatic heterocycles. The lowest BCUT2D eigenvalue weighted by atomic mass is 9.88. The molecule has 8 heteroatoms. The molecule has 2 unspecified atom stereocenters. The van der Waals surface area contributed by atoms with Gasteiger partial charge >= 0.3 is 0 Å². The first-order valence-electron chi connectivity index (χ1n) is 10.7. The molecule has 32 heavy (non-hydrogen) atoms. The second kappa shape index (κ2) is 9.93. The van der Waals surface area contributed by atoms with Crippen LogP contribution >= 0.6 is 0 Å². The van der Waals surface area contributed by atoms with Crippen molar-refractivity contribution in [3.05, 3.63) is 66.2 Å². The van der Waals surface area contributed by atoms with E-state index in [0.29, 0.717) is 42.3 Å². The Bertz CT molecular complexity index is 1040. The lowest BCUT2D eigenvalue weighted by Crippen LogP contribution is -2.28. The summed E-state index contributed by atoms with van der Waals surface area (Å²) in [7, 11) is 3.90. The normalized spacial score (nSPS) is 18.1. The van der Waals surface area contributed by atoms with E-state index in [1.165, 1.54) is 6.07 Å². The number of benzene rings is 2. The van der Waals surface area contributed by atoms with Crippen molar-refractivity contribution in [3.8, 4) is 16.9 Å². The maximum atomic E-state index is 14.9. The third kappa shape index (κ3) is 4.98. The lowest BCUT2D eigenvalue weighted by molar-refractivity contribution is -0.119. The van der Waals surface area contributed by atoms with Gasteiger partial charge in [0.1, 0.15) is 18.2 Å². The second-order valence-corrected chi connectivity index (χ2v) is 8.24. The summed E-state index contributed by atoms with van der Waals surface area (Å²) < 4.78 is 20.9. The number of aromatic amines is 1. The summed E-state index contributed by atoms with van der Waals surface area (Å²) in [4.78, 5) is 15.2. The van der Waals surface area contributed by atoms with Crippen LogP contribution in [0.1, 0.15) is 11.5 Å². The molecule has 0 saturated carbocycles. The summed E-state index contributed by atoms with van der Waals surface area (Å²) in [5.74, 6) is -0.379. The Labute approximate surface area is 187 Å². The predicted molar refractivity (Wildman–Crippen MR) is 122 cm³/mol. The van der Waals surface area contributed by atoms with E-state index >= 15 is 0 Å². The third-order valence-corrected chi connectivity index (χ3v) is 5.71. The number of nitrogens with zero attached hydrogens (tertiary/aromatic N) is 2. The van der Waals surface area contributed by atoms with Gasteiger partial charge in [-0.25, -0.2) is 4.39 Å². The van der Waals surface area contributed by atoms with Crippen molar-refractivity contribution >= 4 is 11.6 Å². The maximum Gasteiger partial charge on any atom is 0.229 e. The van der Waals surface area contributed by atoms with Gasteiger partial charge in [0.05, 0.1) is 17.8 Å². The number of carbonyl (C=O) groups excluding carboxylic acids is 1. The van der Waals surface area contributed by atoms with Gasteiger partial charge < -0.3 is 20.3 Å². The fourth-order valence-electron chi connectivity index (χ4n) is 3.96. The fraction of sp³-hybridized carbons (Fsp3) is 0.333. The predicted octanol–water partition coefficient (Wildman–Crippen LogP) is 3.10. The van der Waals surface area contributed by atoms with Crippen molar-refractivity contribution in [3.63, 3.8) is 0 Å². The van der Waals surface area contributed by atoms with Crippen LogP contribution in [-0.2, 0) is 4.79 Å². The zero-order valence-corrected chi connectivity index (χ0v) is 18.3. The van der Waals surface area contributed by atoms with Crippen LogP contribution in [0.2, 0.25) is 0 Å². The molecule has 1 aromatic heterocycles. The molecule has 1 fully saturated rings. The van der Waals surface area contributed by atoms with Gasteiger partial charge in [-0.3, -0.25) is 9.89 Å². The minimum Gasteiger partial charge on any atom is -0.490 e. The first kappa shape index (κ1) is 22.0. The number of aromatic nitrogens is 2. The van der Waals surface area contributed by atoms with E-state index in [9.17, 15) is 9.18 Å². The topological polar surface area (TPSA) is 82.3 Å². The monoisotopic (exact) mass is 437 g/mol. The second-order valence-electron chi connectivity index (χ2n) is 8.24. The van der Waals surface area contributed by atoms with Gasteiger partial charge in [-0.15, -0.1) is 0 Å². The largest absolute Gasteiger partial charge is 0.490 e. The maximum absolute atomic E-state index is 14.9. The van der Waals surface area contributed by atoms with Crippen LogP contribution in [-0.4, -0.2) is 61.3 Å². The summed E-state index contributed by atoms with van der Waals surface area (Å²) in [6, 6.07) is 12.9. The molecule has 3 N–H and O–H groups in total. The van der Waals surface area contributed by atoms with Crippen molar-refractivity contribution in [1.82, 2.24) is 20.4 Å². The summed E-state index contributed by atoms with van der Waals surface area (Å²) in [6.07, 6.45) is 3.17. The number of amides is 1. The molecule has 0 radical (unpaired) electrons. The van der Waals surface area contributed by atoms with E-state index in [1.54, 1.807) is 18.5 Å². The van der Waals surface area contributed by atoms with E-state index in [2.05, 4.69) is 20.8 Å². The SMILES string of the molecule is CN(C)CCOc1cc(-c2cn[nH]c2)c(F)cc1NC(=O)C1CNCC1c1ccccc1. The van der Waals surface area contributed by atoms with Gasteiger partial charge in [-0.05, 0) is 25.7 Å². The number of nitrogens with one attached hydrogen (secondary N) is 3. The summed E-state index contributed by atoms with van der Waals surface area (Å²) in [5, 5.41) is 12.8. The van der Waals surface area contributed by atoms with Crippen LogP contribution in [0.15, 0.2) is 54.9 Å². The quantitative estimate of drug-likeness (QED) is 0.505. The Hall–Kier alpha value is -3.23. The molecular weight excluding hydrogens is 409 g/mol. The average molecular weight is 438 g/mol. The van der Waals surface area contributed by atoms with Crippen LogP contribution < -0.4 is 15.4 Å². The van der Waals surface area contributed by atoms with Crippen LogP contribution in [0.4, 0.5) is 10.1 Å². The summed E-state index contributed by atoms with van der Waals surface area (Å²) in [6.45, 7) is 2.39. The van der Waals surface area contributed by atoms with Crippen molar-refractivity contribution in [2.45, 2.75) is 5.92 Å². The van der Waals surface area contributed by atoms with E-state index in [4.69, 9.17) is 4.74 Å². The molecule has 3 aromatic rings. The van der Waals surface area contributed by atoms with Gasteiger partial charge in [0.2, 0.25) is 5.91 Å². The molecule has 0 bridgehead atoms. The third-order valence-electron chi connectivity index (χ3n) is 5.71. The molecule has 2 atom stereocenters. The lowest BCUT2D eigenvalue weighted by Gasteiger charge is -2.21. The zero-order chi connectivity index (χ0) is 22.5. The van der Waals surface area contributed by atoms with Crippen LogP contribution in [0.5, 0.6) is 5.75 Å². The number of rotatable bonds is 8. The van der Waals surface area contributed by atoms with Crippen molar-refractivity contribution in [2.75, 3.05) is 45.7 Å². The van der Waals surface area contributed by atoms with Gasteiger partial charge in [0, 0.05) is 48.9 Å². The minimum absolute atomic E-state index is 0.0596. The fourth-order valence-corrected chi connectivity index (χ4v) is 3.96. The van der Waals surface area contributed by atoms with E-state index in [1.807, 2.05) is 49.3 Å². The molecular formula is C24H28FN5O2. The Kier molecular flexibility index (Phi) is 6.82. The Balaban J connectivity index is 1.58. The van der Waals surface area contributed by atoms with Gasteiger partial charge in [-0.1, -0.05) is 30.3 Å². The summed E-state index contributed by atoms with van der Waals surface area (Å²) in [5.41, 5.74) is 2.42. The Morgan fingerprint density at radius 1 is 1.25 bits per heavy atom. The van der Waals surface area contributed by atoms with E-state index < -0.39 is 5.82 Å². The molecule has 0 spiro atoms. The van der Waals surface area contributed by atoms with Crippen molar-refractivity contribution in [2.24, 2.45) is 5.92 Å². The number of carbonyl (C=O) groups is 1. The highest BCUT2D eigenvalue weighted by molar-refractivity contribution is 5.95. The highest BCUT2D eigenvalue weighted by atomic mass is 19.1. The van der Waals surface area contributed by atoms with Crippen molar-refractivity contribution < 1.29 is 13.9 Å². The number of hydrogen-bond acceptors (Lipinski definition) is 5. The number of H-pyrrole nitrogens is 1. The number of likely N-dealkylation sites (N-methyl/N-ethyl adjacent to an activating group) is 1. The van der Waals surface area contributed by atoms with Crippen LogP contribution in [0, 0.1) is 11.7 Å². The van der Waals surface area contributed by atoms with Crippen LogP contribution in [0.25, 0.3) is 11.1 Å². The highest BCUT2D eigenvalue weighted by Crippen LogP contribution is 2.35. The smallest absolute Gasteiger partial charge is 0.229 e. The minimum atomic E-state index is -0.453. The Morgan fingerprint density at radius 2 is 2.06 bits per heavy atom. The number of ether oxygens (including phenoxy) is 1. The molecule has 0 aliphatic carbocycles. The molecule has 7 nitrogen and oxygen atoms in total. The molecule has 2 aromatic carbocycles. The molecule has 168 valence electrons. The first-order valence-corrected chi connectivity index (χ1v) is 10.7. The number of halogens is 1. The number of anilines is 1. The van der Waals surface area contributed by atoms with Crippen LogP contribution in [0.3, 0.4) is 0 Å². The first-order chi connectivity index (χ1) is 15.5. The highest BCUT2D eigenvalue weighted by Gasteiger charge is 2.34. The molecule has 2 heterocycles. The standard InChI is InChI=1S/C24H28FN5O2/c1-30(2)8-9-32-23-10-18(17-12-27-28-13-17)21(25)11-22(23)29-24(31)20-15-26-14-19(20)16-6-4-3-5-7-16/h3-7,10-13,19-20,26H,8-9,14-15H2,1-2H3,(H,27,28)(H,29,31). The van der Waals surface area contributed by atoms with Gasteiger partial charge in [0.25, 0.3) is 0 Å². The number of hydrogen-bond donors (Lipinski definition) is 3. The average Bonchev–Trinajstić information content (AvgIpc) is 3.48. The van der Waals surface area contributed by atoms with Gasteiger partial charge in [-0.2, -0.15) is 5.10 Å². The summed E-state index contributed by atoms with van der Waals surface area (Å²) >= 11 is 0. The van der Waals surface area contributed by atoms with E-state index in [-0.39, 0.29) is 17.7 Å².